The van der Waals surface area contributed by atoms with E-state index < -0.39 is 0 Å². The lowest BCUT2D eigenvalue weighted by Gasteiger charge is -2.50. The molecule has 2 rings (SSSR count). The van der Waals surface area contributed by atoms with Gasteiger partial charge in [0.05, 0.1) is 0 Å². The minimum atomic E-state index is -0.214. The lowest BCUT2D eigenvalue weighted by atomic mass is 9.78. The molecule has 0 aromatic heterocycles. The molecule has 1 aliphatic heterocycles. The average Bonchev–Trinajstić information content (AvgIpc) is 2.49. The fourth-order valence-corrected chi connectivity index (χ4v) is 3.87. The number of hydrogen-bond acceptors (Lipinski definition) is 3. The van der Waals surface area contributed by atoms with Gasteiger partial charge in [-0.3, -0.25) is 10.2 Å². The fraction of sp³-hybridized carbons (Fsp3) is 0.611. The highest BCUT2D eigenvalue weighted by atomic mass is 16.2. The number of carbonyl (C=O) groups is 1. The van der Waals surface area contributed by atoms with E-state index in [1.54, 1.807) is 0 Å². The molecule has 1 amide bonds. The van der Waals surface area contributed by atoms with Gasteiger partial charge in [-0.15, -0.1) is 0 Å². The summed E-state index contributed by atoms with van der Waals surface area (Å²) in [4.78, 5) is 14.7. The van der Waals surface area contributed by atoms with E-state index in [2.05, 4.69) is 62.3 Å². The first-order chi connectivity index (χ1) is 10.4. The minimum absolute atomic E-state index is 0.0707. The van der Waals surface area contributed by atoms with Gasteiger partial charge in [-0.1, -0.05) is 44.9 Å². The third-order valence-corrected chi connectivity index (χ3v) is 4.77. The Morgan fingerprint density at radius 3 is 2.77 bits per heavy atom. The number of amides is 1. The summed E-state index contributed by atoms with van der Waals surface area (Å²) in [5.41, 5.74) is 4.80. The van der Waals surface area contributed by atoms with Crippen LogP contribution in [0.5, 0.6) is 0 Å². The van der Waals surface area contributed by atoms with Crippen LogP contribution in [0.4, 0.5) is 5.69 Å². The molecule has 1 aliphatic rings. The molecule has 0 radical (unpaired) electrons. The highest BCUT2D eigenvalue weighted by Gasteiger charge is 2.41. The number of benzene rings is 1. The Morgan fingerprint density at radius 2 is 2.14 bits per heavy atom. The van der Waals surface area contributed by atoms with Crippen molar-refractivity contribution in [3.8, 4) is 0 Å². The second-order valence-corrected chi connectivity index (χ2v) is 7.01. The molecule has 0 saturated heterocycles. The minimum Gasteiger partial charge on any atom is -0.354 e. The van der Waals surface area contributed by atoms with Gasteiger partial charge in [0.25, 0.3) is 5.91 Å². The van der Waals surface area contributed by atoms with Crippen LogP contribution in [0.1, 0.15) is 64.9 Å². The first-order valence-corrected chi connectivity index (χ1v) is 8.31. The third-order valence-electron chi connectivity index (χ3n) is 4.77. The number of anilines is 1. The van der Waals surface area contributed by atoms with E-state index in [1.807, 2.05) is 0 Å². The molecule has 0 bridgehead atoms. The van der Waals surface area contributed by atoms with Crippen LogP contribution in [-0.2, 0) is 4.79 Å². The van der Waals surface area contributed by atoms with Gasteiger partial charge in [-0.05, 0) is 44.2 Å². The largest absolute Gasteiger partial charge is 0.354 e. The number of nitrogens with two attached hydrogens (primary N) is 1. The summed E-state index contributed by atoms with van der Waals surface area (Å²) in [7, 11) is 0. The van der Waals surface area contributed by atoms with Gasteiger partial charge in [0, 0.05) is 11.2 Å². The van der Waals surface area contributed by atoms with Crippen molar-refractivity contribution >= 4 is 11.6 Å². The smallest absolute Gasteiger partial charge is 0.256 e. The molecular weight excluding hydrogens is 274 g/mol. The molecule has 3 N–H and O–H groups in total. The van der Waals surface area contributed by atoms with Gasteiger partial charge >= 0.3 is 0 Å². The van der Waals surface area contributed by atoms with Crippen molar-refractivity contribution in [3.63, 3.8) is 0 Å². The third kappa shape index (κ3) is 3.12. The molecule has 0 saturated carbocycles. The maximum Gasteiger partial charge on any atom is 0.256 e. The topological polar surface area (TPSA) is 58.4 Å². The lowest BCUT2D eigenvalue weighted by molar-refractivity contribution is -0.123. The molecule has 0 aliphatic carbocycles. The molecule has 122 valence electrons. The Balaban J connectivity index is 2.48. The van der Waals surface area contributed by atoms with Crippen LogP contribution in [0.2, 0.25) is 0 Å². The van der Waals surface area contributed by atoms with Crippen LogP contribution >= 0.6 is 0 Å². The number of unbranched alkanes of at least 4 members (excludes halogenated alkanes) is 1. The molecule has 1 heterocycles. The predicted molar refractivity (Wildman–Crippen MR) is 91.7 cm³/mol. The van der Waals surface area contributed by atoms with Crippen molar-refractivity contribution in [1.29, 1.82) is 0 Å². The summed E-state index contributed by atoms with van der Waals surface area (Å²) in [6.45, 7) is 8.86. The van der Waals surface area contributed by atoms with E-state index in [9.17, 15) is 4.79 Å². The number of hydrogen-bond donors (Lipinski definition) is 2. The van der Waals surface area contributed by atoms with Crippen molar-refractivity contribution in [3.05, 3.63) is 29.8 Å². The van der Waals surface area contributed by atoms with Crippen LogP contribution in [0, 0.1) is 0 Å². The molecule has 2 unspecified atom stereocenters. The number of hydrazine groups is 1. The SMILES string of the molecule is CCCCC(C(=O)NN)N1c2ccccc2C(C)CC1(C)C. The summed E-state index contributed by atoms with van der Waals surface area (Å²) in [5, 5.41) is 0. The van der Waals surface area contributed by atoms with Crippen molar-refractivity contribution in [2.75, 3.05) is 4.90 Å². The Bertz CT molecular complexity index is 527. The van der Waals surface area contributed by atoms with Gasteiger partial charge in [0.1, 0.15) is 6.04 Å². The molecule has 0 spiro atoms. The first-order valence-electron chi connectivity index (χ1n) is 8.31. The maximum absolute atomic E-state index is 12.4. The summed E-state index contributed by atoms with van der Waals surface area (Å²) in [6.07, 6.45) is 3.94. The Kier molecular flexibility index (Phi) is 5.12. The molecule has 2 atom stereocenters. The number of rotatable bonds is 5. The molecule has 1 aromatic rings. The number of nitrogens with zero attached hydrogens (tertiary/aromatic N) is 1. The van der Waals surface area contributed by atoms with Crippen LogP contribution in [-0.4, -0.2) is 17.5 Å². The number of nitrogens with one attached hydrogen (secondary N) is 1. The Labute approximate surface area is 134 Å². The molecule has 4 nitrogen and oxygen atoms in total. The van der Waals surface area contributed by atoms with Gasteiger partial charge in [-0.2, -0.15) is 0 Å². The molecular formula is C18H29N3O. The van der Waals surface area contributed by atoms with E-state index in [0.717, 1.165) is 25.7 Å². The second-order valence-electron chi connectivity index (χ2n) is 7.01. The fourth-order valence-electron chi connectivity index (χ4n) is 3.87. The van der Waals surface area contributed by atoms with Crippen molar-refractivity contribution in [1.82, 2.24) is 5.43 Å². The van der Waals surface area contributed by atoms with Gasteiger partial charge < -0.3 is 4.90 Å². The van der Waals surface area contributed by atoms with Crippen molar-refractivity contribution in [2.24, 2.45) is 5.84 Å². The monoisotopic (exact) mass is 303 g/mol. The standard InChI is InChI=1S/C18H29N3O/c1-5-6-10-16(17(22)20-19)21-15-11-8-7-9-14(15)13(2)12-18(21,3)4/h7-9,11,13,16H,5-6,10,12,19H2,1-4H3,(H,20,22). The number of para-hydroxylation sites is 1. The molecule has 1 aromatic carbocycles. The van der Waals surface area contributed by atoms with E-state index in [0.29, 0.717) is 5.92 Å². The van der Waals surface area contributed by atoms with Crippen LogP contribution in [0.15, 0.2) is 24.3 Å². The van der Waals surface area contributed by atoms with Gasteiger partial charge in [-0.25, -0.2) is 5.84 Å². The number of fused-ring (bicyclic) bond motifs is 1. The molecule has 0 fully saturated rings. The van der Waals surface area contributed by atoms with Crippen molar-refractivity contribution in [2.45, 2.75) is 70.9 Å². The molecule has 4 heteroatoms. The Morgan fingerprint density at radius 1 is 1.45 bits per heavy atom. The van der Waals surface area contributed by atoms with E-state index in [1.165, 1.54) is 11.3 Å². The summed E-state index contributed by atoms with van der Waals surface area (Å²) >= 11 is 0. The van der Waals surface area contributed by atoms with Crippen LogP contribution in [0.25, 0.3) is 0 Å². The van der Waals surface area contributed by atoms with Gasteiger partial charge in [0.2, 0.25) is 0 Å². The van der Waals surface area contributed by atoms with E-state index in [4.69, 9.17) is 5.84 Å². The zero-order valence-corrected chi connectivity index (χ0v) is 14.2. The van der Waals surface area contributed by atoms with E-state index >= 15 is 0 Å². The highest BCUT2D eigenvalue weighted by Crippen LogP contribution is 2.44. The zero-order valence-electron chi connectivity index (χ0n) is 14.2. The highest BCUT2D eigenvalue weighted by molar-refractivity contribution is 5.86. The number of carbonyl (C=O) groups excluding carboxylic acids is 1. The summed E-state index contributed by atoms with van der Waals surface area (Å²) in [6, 6.07) is 8.23. The summed E-state index contributed by atoms with van der Waals surface area (Å²) < 4.78 is 0. The first kappa shape index (κ1) is 16.8. The zero-order chi connectivity index (χ0) is 16.3. The van der Waals surface area contributed by atoms with Crippen LogP contribution in [0.3, 0.4) is 0 Å². The maximum atomic E-state index is 12.4. The van der Waals surface area contributed by atoms with E-state index in [-0.39, 0.29) is 17.5 Å². The Hall–Kier alpha value is -1.55. The summed E-state index contributed by atoms with van der Waals surface area (Å²) in [5.74, 6) is 5.86. The lowest BCUT2D eigenvalue weighted by Crippen LogP contribution is -2.59. The van der Waals surface area contributed by atoms with Crippen LogP contribution < -0.4 is 16.2 Å². The van der Waals surface area contributed by atoms with Crippen molar-refractivity contribution < 1.29 is 4.79 Å². The average molecular weight is 303 g/mol. The quantitative estimate of drug-likeness (QED) is 0.498. The molecule has 22 heavy (non-hydrogen) atoms. The predicted octanol–water partition coefficient (Wildman–Crippen LogP) is 3.33. The second kappa shape index (κ2) is 6.69. The normalized spacial score (nSPS) is 21.1. The van der Waals surface area contributed by atoms with Gasteiger partial charge in [0.15, 0.2) is 0 Å².